The number of hydrogen-bond donors (Lipinski definition) is 2. The van der Waals surface area contributed by atoms with E-state index in [4.69, 9.17) is 9.72 Å². The van der Waals surface area contributed by atoms with Gasteiger partial charge < -0.3 is 14.9 Å². The van der Waals surface area contributed by atoms with Crippen LogP contribution in [0.25, 0.3) is 22.3 Å². The molecule has 0 aliphatic carbocycles. The molecule has 0 aliphatic rings. The van der Waals surface area contributed by atoms with Gasteiger partial charge in [0.2, 0.25) is 0 Å². The Bertz CT molecular complexity index is 1120. The van der Waals surface area contributed by atoms with E-state index < -0.39 is 5.60 Å². The number of hydrogen-bond acceptors (Lipinski definition) is 5. The second kappa shape index (κ2) is 6.94. The maximum absolute atomic E-state index is 11.5. The van der Waals surface area contributed by atoms with Crippen LogP contribution in [0.4, 0.5) is 0 Å². The van der Waals surface area contributed by atoms with Crippen molar-refractivity contribution >= 4 is 10.9 Å². The van der Waals surface area contributed by atoms with Gasteiger partial charge in [0, 0.05) is 10.9 Å². The molecule has 0 fully saturated rings. The van der Waals surface area contributed by atoms with E-state index in [2.05, 4.69) is 4.98 Å². The maximum atomic E-state index is 11.5. The molecule has 2 N–H and O–H groups in total. The van der Waals surface area contributed by atoms with E-state index in [0.717, 1.165) is 22.2 Å². The summed E-state index contributed by atoms with van der Waals surface area (Å²) in [5.41, 5.74) is 1.39. The fourth-order valence-electron chi connectivity index (χ4n) is 3.24. The third-order valence-corrected chi connectivity index (χ3v) is 4.84. The van der Waals surface area contributed by atoms with Crippen LogP contribution in [0.3, 0.4) is 0 Å². The van der Waals surface area contributed by atoms with Crippen molar-refractivity contribution in [3.8, 4) is 22.9 Å². The van der Waals surface area contributed by atoms with Crippen LogP contribution in [0.5, 0.6) is 11.5 Å². The first-order valence-corrected chi connectivity index (χ1v) is 8.92. The average molecular weight is 372 g/mol. The van der Waals surface area contributed by atoms with Crippen LogP contribution in [0.15, 0.2) is 72.8 Å². The summed E-state index contributed by atoms with van der Waals surface area (Å²) < 4.78 is 5.22. The number of nitrogens with zero attached hydrogens (tertiary/aromatic N) is 2. The molecule has 1 heterocycles. The Morgan fingerprint density at radius 1 is 0.857 bits per heavy atom. The van der Waals surface area contributed by atoms with E-state index >= 15 is 0 Å². The van der Waals surface area contributed by atoms with Gasteiger partial charge in [-0.25, -0.2) is 9.97 Å². The molecule has 28 heavy (non-hydrogen) atoms. The van der Waals surface area contributed by atoms with Gasteiger partial charge in [0.25, 0.3) is 0 Å². The van der Waals surface area contributed by atoms with Crippen molar-refractivity contribution in [3.05, 3.63) is 84.1 Å². The van der Waals surface area contributed by atoms with Gasteiger partial charge in [-0.1, -0.05) is 30.3 Å². The summed E-state index contributed by atoms with van der Waals surface area (Å²) >= 11 is 0. The summed E-state index contributed by atoms with van der Waals surface area (Å²) in [4.78, 5) is 9.36. The highest BCUT2D eigenvalue weighted by Crippen LogP contribution is 2.34. The number of aliphatic hydroxyl groups is 1. The first-order valence-electron chi connectivity index (χ1n) is 8.92. The van der Waals surface area contributed by atoms with Crippen molar-refractivity contribution in [1.82, 2.24) is 9.97 Å². The molecule has 1 atom stereocenters. The second-order valence-electron chi connectivity index (χ2n) is 6.76. The lowest BCUT2D eigenvalue weighted by atomic mass is 9.89. The number of benzene rings is 3. The van der Waals surface area contributed by atoms with Crippen molar-refractivity contribution < 1.29 is 14.9 Å². The zero-order valence-electron chi connectivity index (χ0n) is 15.6. The molecule has 0 saturated carbocycles. The van der Waals surface area contributed by atoms with Gasteiger partial charge in [-0.15, -0.1) is 0 Å². The van der Waals surface area contributed by atoms with Crippen molar-refractivity contribution in [1.29, 1.82) is 0 Å². The molecule has 3 aromatic carbocycles. The summed E-state index contributed by atoms with van der Waals surface area (Å²) in [5, 5.41) is 21.8. The molecule has 4 aromatic rings. The topological polar surface area (TPSA) is 75.5 Å². The van der Waals surface area contributed by atoms with E-state index in [0.29, 0.717) is 17.1 Å². The van der Waals surface area contributed by atoms with E-state index in [1.165, 1.54) is 0 Å². The lowest BCUT2D eigenvalue weighted by molar-refractivity contribution is 0.0991. The fourth-order valence-corrected chi connectivity index (χ4v) is 3.24. The Labute approximate surface area is 162 Å². The predicted molar refractivity (Wildman–Crippen MR) is 108 cm³/mol. The monoisotopic (exact) mass is 372 g/mol. The van der Waals surface area contributed by atoms with Crippen molar-refractivity contribution in [2.24, 2.45) is 0 Å². The predicted octanol–water partition coefficient (Wildman–Crippen LogP) is 4.27. The minimum Gasteiger partial charge on any atom is -0.508 e. The number of rotatable bonds is 4. The standard InChI is InChI=1S/C23H20N2O3/c1-23(27,16-9-13-18(28-2)14-10-16)21-19-5-3-4-6-20(19)24-22(25-21)15-7-11-17(26)12-8-15/h3-14,26-27H,1-2H3. The zero-order chi connectivity index (χ0) is 19.7. The first-order chi connectivity index (χ1) is 13.5. The van der Waals surface area contributed by atoms with Gasteiger partial charge >= 0.3 is 0 Å². The van der Waals surface area contributed by atoms with Crippen molar-refractivity contribution in [2.45, 2.75) is 12.5 Å². The smallest absolute Gasteiger partial charge is 0.160 e. The summed E-state index contributed by atoms with van der Waals surface area (Å²) in [6.45, 7) is 1.73. The fraction of sp³-hybridized carbons (Fsp3) is 0.130. The average Bonchev–Trinajstić information content (AvgIpc) is 2.73. The molecule has 0 radical (unpaired) electrons. The van der Waals surface area contributed by atoms with Crippen LogP contribution in [0.2, 0.25) is 0 Å². The third kappa shape index (κ3) is 3.17. The summed E-state index contributed by atoms with van der Waals surface area (Å²) in [6.07, 6.45) is 0. The molecule has 0 bridgehead atoms. The van der Waals surface area contributed by atoms with E-state index in [1.54, 1.807) is 38.3 Å². The third-order valence-electron chi connectivity index (χ3n) is 4.84. The molecular weight excluding hydrogens is 352 g/mol. The Morgan fingerprint density at radius 2 is 1.54 bits per heavy atom. The van der Waals surface area contributed by atoms with E-state index in [-0.39, 0.29) is 5.75 Å². The molecule has 0 saturated heterocycles. The van der Waals surface area contributed by atoms with Gasteiger partial charge in [-0.2, -0.15) is 0 Å². The van der Waals surface area contributed by atoms with Gasteiger partial charge in [0.15, 0.2) is 5.82 Å². The highest BCUT2D eigenvalue weighted by atomic mass is 16.5. The van der Waals surface area contributed by atoms with E-state index in [1.807, 2.05) is 48.5 Å². The van der Waals surface area contributed by atoms with Gasteiger partial charge in [0.05, 0.1) is 18.3 Å². The molecule has 5 nitrogen and oxygen atoms in total. The number of ether oxygens (including phenoxy) is 1. The SMILES string of the molecule is COc1ccc(C(C)(O)c2nc(-c3ccc(O)cc3)nc3ccccc23)cc1. The van der Waals surface area contributed by atoms with Gasteiger partial charge in [0.1, 0.15) is 17.1 Å². The van der Waals surface area contributed by atoms with Gasteiger partial charge in [-0.3, -0.25) is 0 Å². The Balaban J connectivity index is 1.92. The minimum absolute atomic E-state index is 0.176. The largest absolute Gasteiger partial charge is 0.508 e. The van der Waals surface area contributed by atoms with Crippen LogP contribution in [0.1, 0.15) is 18.2 Å². The van der Waals surface area contributed by atoms with Crippen LogP contribution in [0, 0.1) is 0 Å². The summed E-state index contributed by atoms with van der Waals surface area (Å²) in [5.74, 6) is 1.38. The number of para-hydroxylation sites is 1. The molecule has 140 valence electrons. The van der Waals surface area contributed by atoms with Gasteiger partial charge in [-0.05, 0) is 55.0 Å². The first kappa shape index (κ1) is 17.9. The number of aromatic nitrogens is 2. The Hall–Kier alpha value is -3.44. The molecule has 1 unspecified atom stereocenters. The van der Waals surface area contributed by atoms with E-state index in [9.17, 15) is 10.2 Å². The molecule has 0 aliphatic heterocycles. The maximum Gasteiger partial charge on any atom is 0.160 e. The number of methoxy groups -OCH3 is 1. The number of phenolic OH excluding ortho intramolecular Hbond substituents is 1. The van der Waals surface area contributed by atoms with Crippen LogP contribution in [-0.2, 0) is 5.60 Å². The minimum atomic E-state index is -1.33. The molecule has 5 heteroatoms. The lowest BCUT2D eigenvalue weighted by Crippen LogP contribution is -2.25. The Morgan fingerprint density at radius 3 is 2.21 bits per heavy atom. The number of fused-ring (bicyclic) bond motifs is 1. The molecule has 4 rings (SSSR count). The van der Waals surface area contributed by atoms with Crippen molar-refractivity contribution in [3.63, 3.8) is 0 Å². The highest BCUT2D eigenvalue weighted by molar-refractivity contribution is 5.84. The summed E-state index contributed by atoms with van der Waals surface area (Å²) in [6, 6.07) is 21.6. The summed E-state index contributed by atoms with van der Waals surface area (Å²) in [7, 11) is 1.61. The van der Waals surface area contributed by atoms with Crippen molar-refractivity contribution in [2.75, 3.05) is 7.11 Å². The molecule has 1 aromatic heterocycles. The van der Waals surface area contributed by atoms with Crippen LogP contribution >= 0.6 is 0 Å². The number of phenols is 1. The highest BCUT2D eigenvalue weighted by Gasteiger charge is 2.30. The van der Waals surface area contributed by atoms with Crippen LogP contribution in [-0.4, -0.2) is 27.3 Å². The molecule has 0 spiro atoms. The van der Waals surface area contributed by atoms with Crippen LogP contribution < -0.4 is 4.74 Å². The lowest BCUT2D eigenvalue weighted by Gasteiger charge is -2.25. The number of aromatic hydroxyl groups is 1. The quantitative estimate of drug-likeness (QED) is 0.560. The zero-order valence-corrected chi connectivity index (χ0v) is 15.6. The molecular formula is C23H20N2O3. The normalized spacial score (nSPS) is 13.2. The second-order valence-corrected chi connectivity index (χ2v) is 6.76. The Kier molecular flexibility index (Phi) is 4.45. The molecule has 0 amide bonds.